The lowest BCUT2D eigenvalue weighted by Gasteiger charge is -2.13. The summed E-state index contributed by atoms with van der Waals surface area (Å²) in [7, 11) is 0. The van der Waals surface area contributed by atoms with E-state index in [0.717, 1.165) is 26.3 Å². The number of hydrogen-bond acceptors (Lipinski definition) is 3. The van der Waals surface area contributed by atoms with E-state index >= 15 is 0 Å². The van der Waals surface area contributed by atoms with Gasteiger partial charge in [0.2, 0.25) is 0 Å². The van der Waals surface area contributed by atoms with Crippen LogP contribution in [0.2, 0.25) is 0 Å². The largest absolute Gasteiger partial charge is 0.379 e. The SMILES string of the molecule is CCNC(C)COCCNC(C)C. The molecule has 80 valence electrons. The van der Waals surface area contributed by atoms with Gasteiger partial charge in [-0.15, -0.1) is 0 Å². The Morgan fingerprint density at radius 1 is 1.15 bits per heavy atom. The van der Waals surface area contributed by atoms with Gasteiger partial charge in [-0.05, 0) is 13.5 Å². The van der Waals surface area contributed by atoms with Crippen molar-refractivity contribution >= 4 is 0 Å². The van der Waals surface area contributed by atoms with Crippen LogP contribution >= 0.6 is 0 Å². The predicted octanol–water partition coefficient (Wildman–Crippen LogP) is 0.999. The lowest BCUT2D eigenvalue weighted by Crippen LogP contribution is -2.32. The second kappa shape index (κ2) is 8.48. The molecule has 3 nitrogen and oxygen atoms in total. The number of rotatable bonds is 8. The van der Waals surface area contributed by atoms with E-state index in [1.165, 1.54) is 0 Å². The first-order valence-electron chi connectivity index (χ1n) is 5.21. The van der Waals surface area contributed by atoms with Crippen molar-refractivity contribution in [1.29, 1.82) is 0 Å². The standard InChI is InChI=1S/C10H24N2O/c1-5-11-10(4)8-13-7-6-12-9(2)3/h9-12H,5-8H2,1-4H3. The van der Waals surface area contributed by atoms with Gasteiger partial charge in [-0.1, -0.05) is 20.8 Å². The second-order valence-corrected chi connectivity index (χ2v) is 3.64. The molecule has 0 rings (SSSR count). The molecule has 0 fully saturated rings. The molecule has 0 spiro atoms. The normalized spacial score (nSPS) is 13.6. The molecule has 0 saturated heterocycles. The van der Waals surface area contributed by atoms with Crippen LogP contribution in [0.5, 0.6) is 0 Å². The zero-order chi connectivity index (χ0) is 10.1. The lowest BCUT2D eigenvalue weighted by molar-refractivity contribution is 0.116. The molecule has 0 aromatic carbocycles. The maximum absolute atomic E-state index is 5.47. The van der Waals surface area contributed by atoms with Crippen molar-refractivity contribution < 1.29 is 4.74 Å². The minimum Gasteiger partial charge on any atom is -0.379 e. The van der Waals surface area contributed by atoms with Crippen molar-refractivity contribution in [3.63, 3.8) is 0 Å². The van der Waals surface area contributed by atoms with Crippen LogP contribution < -0.4 is 10.6 Å². The van der Waals surface area contributed by atoms with Gasteiger partial charge in [-0.3, -0.25) is 0 Å². The zero-order valence-corrected chi connectivity index (χ0v) is 9.39. The maximum Gasteiger partial charge on any atom is 0.0617 e. The third kappa shape index (κ3) is 9.80. The highest BCUT2D eigenvalue weighted by Gasteiger charge is 1.98. The monoisotopic (exact) mass is 188 g/mol. The van der Waals surface area contributed by atoms with Gasteiger partial charge >= 0.3 is 0 Å². The molecule has 0 aliphatic rings. The third-order valence-corrected chi connectivity index (χ3v) is 1.72. The van der Waals surface area contributed by atoms with E-state index in [1.54, 1.807) is 0 Å². The molecule has 0 saturated carbocycles. The topological polar surface area (TPSA) is 33.3 Å². The summed E-state index contributed by atoms with van der Waals surface area (Å²) >= 11 is 0. The van der Waals surface area contributed by atoms with Crippen LogP contribution in [0.4, 0.5) is 0 Å². The highest BCUT2D eigenvalue weighted by Crippen LogP contribution is 1.83. The first kappa shape index (κ1) is 12.9. The molecule has 0 amide bonds. The highest BCUT2D eigenvalue weighted by atomic mass is 16.5. The summed E-state index contributed by atoms with van der Waals surface area (Å²) in [6, 6.07) is 1.01. The van der Waals surface area contributed by atoms with E-state index in [-0.39, 0.29) is 0 Å². The average molecular weight is 188 g/mol. The third-order valence-electron chi connectivity index (χ3n) is 1.72. The van der Waals surface area contributed by atoms with E-state index in [9.17, 15) is 0 Å². The van der Waals surface area contributed by atoms with E-state index in [2.05, 4.69) is 38.3 Å². The van der Waals surface area contributed by atoms with Crippen LogP contribution in [0.1, 0.15) is 27.7 Å². The van der Waals surface area contributed by atoms with Gasteiger partial charge in [-0.2, -0.15) is 0 Å². The van der Waals surface area contributed by atoms with E-state index in [4.69, 9.17) is 4.74 Å². The summed E-state index contributed by atoms with van der Waals surface area (Å²) in [5, 5.41) is 6.61. The summed E-state index contributed by atoms with van der Waals surface area (Å²) in [4.78, 5) is 0. The number of ether oxygens (including phenoxy) is 1. The van der Waals surface area contributed by atoms with Crippen molar-refractivity contribution in [2.75, 3.05) is 26.3 Å². The second-order valence-electron chi connectivity index (χ2n) is 3.64. The molecule has 0 aliphatic carbocycles. The number of hydrogen-bond donors (Lipinski definition) is 2. The maximum atomic E-state index is 5.47. The molecule has 0 heterocycles. The van der Waals surface area contributed by atoms with Gasteiger partial charge in [0.15, 0.2) is 0 Å². The van der Waals surface area contributed by atoms with Crippen molar-refractivity contribution in [2.45, 2.75) is 39.8 Å². The van der Waals surface area contributed by atoms with Gasteiger partial charge in [0.05, 0.1) is 13.2 Å². The summed E-state index contributed by atoms with van der Waals surface area (Å²) < 4.78 is 5.47. The van der Waals surface area contributed by atoms with Gasteiger partial charge in [0, 0.05) is 18.6 Å². The lowest BCUT2D eigenvalue weighted by atomic mass is 10.3. The first-order valence-corrected chi connectivity index (χ1v) is 5.21. The zero-order valence-electron chi connectivity index (χ0n) is 9.39. The molecule has 0 aliphatic heterocycles. The fraction of sp³-hybridized carbons (Fsp3) is 1.00. The molecule has 0 aromatic rings. The Bertz CT molecular complexity index is 107. The Morgan fingerprint density at radius 3 is 2.38 bits per heavy atom. The Kier molecular flexibility index (Phi) is 8.40. The van der Waals surface area contributed by atoms with Crippen molar-refractivity contribution in [1.82, 2.24) is 10.6 Å². The first-order chi connectivity index (χ1) is 6.16. The van der Waals surface area contributed by atoms with Crippen LogP contribution in [0.15, 0.2) is 0 Å². The Hall–Kier alpha value is -0.120. The predicted molar refractivity (Wildman–Crippen MR) is 57.1 cm³/mol. The van der Waals surface area contributed by atoms with Crippen LogP contribution in [-0.2, 0) is 4.74 Å². The van der Waals surface area contributed by atoms with Gasteiger partial charge < -0.3 is 15.4 Å². The number of nitrogens with one attached hydrogen (secondary N) is 2. The number of likely N-dealkylation sites (N-methyl/N-ethyl adjacent to an activating group) is 1. The van der Waals surface area contributed by atoms with E-state index < -0.39 is 0 Å². The molecule has 0 bridgehead atoms. The summed E-state index contributed by atoms with van der Waals surface area (Å²) in [6.45, 7) is 12.1. The smallest absolute Gasteiger partial charge is 0.0617 e. The highest BCUT2D eigenvalue weighted by molar-refractivity contribution is 4.57. The fourth-order valence-corrected chi connectivity index (χ4v) is 1.09. The van der Waals surface area contributed by atoms with Crippen molar-refractivity contribution in [3.8, 4) is 0 Å². The van der Waals surface area contributed by atoms with Crippen molar-refractivity contribution in [3.05, 3.63) is 0 Å². The average Bonchev–Trinajstić information content (AvgIpc) is 2.03. The molecule has 2 N–H and O–H groups in total. The molecule has 1 unspecified atom stereocenters. The molecule has 3 heteroatoms. The van der Waals surface area contributed by atoms with Gasteiger partial charge in [0.1, 0.15) is 0 Å². The van der Waals surface area contributed by atoms with Crippen molar-refractivity contribution in [2.24, 2.45) is 0 Å². The van der Waals surface area contributed by atoms with Gasteiger partial charge in [-0.25, -0.2) is 0 Å². The van der Waals surface area contributed by atoms with Crippen LogP contribution in [-0.4, -0.2) is 38.4 Å². The summed E-state index contributed by atoms with van der Waals surface area (Å²) in [6.07, 6.45) is 0. The Labute approximate surface area is 82.2 Å². The Balaban J connectivity index is 3.06. The van der Waals surface area contributed by atoms with E-state index in [0.29, 0.717) is 12.1 Å². The quantitative estimate of drug-likeness (QED) is 0.558. The minimum absolute atomic E-state index is 0.462. The van der Waals surface area contributed by atoms with Crippen LogP contribution in [0.25, 0.3) is 0 Å². The van der Waals surface area contributed by atoms with Crippen LogP contribution in [0.3, 0.4) is 0 Å². The Morgan fingerprint density at radius 2 is 1.85 bits per heavy atom. The molecule has 0 radical (unpaired) electrons. The minimum atomic E-state index is 0.462. The summed E-state index contributed by atoms with van der Waals surface area (Å²) in [5.41, 5.74) is 0. The van der Waals surface area contributed by atoms with Crippen LogP contribution in [0, 0.1) is 0 Å². The molecular weight excluding hydrogens is 164 g/mol. The molecule has 1 atom stereocenters. The van der Waals surface area contributed by atoms with Gasteiger partial charge in [0.25, 0.3) is 0 Å². The van der Waals surface area contributed by atoms with E-state index in [1.807, 2.05) is 0 Å². The fourth-order valence-electron chi connectivity index (χ4n) is 1.09. The molecule has 0 aromatic heterocycles. The molecular formula is C10H24N2O. The molecule has 13 heavy (non-hydrogen) atoms. The summed E-state index contributed by atoms with van der Waals surface area (Å²) in [5.74, 6) is 0.